The van der Waals surface area contributed by atoms with Gasteiger partial charge in [0, 0.05) is 11.9 Å². The first-order chi connectivity index (χ1) is 16.7. The Hall–Kier alpha value is -3.77. The van der Waals surface area contributed by atoms with Crippen LogP contribution >= 0.6 is 11.3 Å². The van der Waals surface area contributed by atoms with Crippen molar-refractivity contribution in [1.29, 1.82) is 0 Å². The van der Waals surface area contributed by atoms with Crippen LogP contribution in [0.2, 0.25) is 0 Å². The van der Waals surface area contributed by atoms with Crippen LogP contribution in [0.1, 0.15) is 35.2 Å². The molecule has 1 saturated carbocycles. The lowest BCUT2D eigenvalue weighted by atomic mass is 9.77. The fourth-order valence-corrected chi connectivity index (χ4v) is 4.91. The average molecular weight is 468 g/mol. The number of carboxylic acids is 1. The highest BCUT2D eigenvalue weighted by Gasteiger charge is 2.37. The van der Waals surface area contributed by atoms with E-state index >= 15 is 0 Å². The van der Waals surface area contributed by atoms with E-state index in [1.807, 2.05) is 54.6 Å². The summed E-state index contributed by atoms with van der Waals surface area (Å²) in [4.78, 5) is 21.0. The fraction of sp³-hybridized carbons (Fsp3) is 0.179. The van der Waals surface area contributed by atoms with Crippen molar-refractivity contribution in [3.8, 4) is 0 Å². The van der Waals surface area contributed by atoms with Crippen LogP contribution in [0.15, 0.2) is 101 Å². The molecule has 2 N–H and O–H groups in total. The van der Waals surface area contributed by atoms with Crippen molar-refractivity contribution < 1.29 is 9.90 Å². The van der Waals surface area contributed by atoms with Crippen LogP contribution in [0, 0.1) is 5.92 Å². The summed E-state index contributed by atoms with van der Waals surface area (Å²) in [5.41, 5.74) is 2.89. The molecule has 0 spiro atoms. The quantitative estimate of drug-likeness (QED) is 0.240. The largest absolute Gasteiger partial charge is 0.476 e. The number of anilines is 1. The van der Waals surface area contributed by atoms with E-state index < -0.39 is 11.5 Å². The van der Waals surface area contributed by atoms with E-state index in [0.717, 1.165) is 29.5 Å². The molecule has 1 aromatic heterocycles. The van der Waals surface area contributed by atoms with E-state index in [1.54, 1.807) is 5.38 Å². The van der Waals surface area contributed by atoms with E-state index in [9.17, 15) is 9.90 Å². The molecular formula is C28H25N3O2S. The monoisotopic (exact) mass is 467 g/mol. The Labute approximate surface area is 202 Å². The van der Waals surface area contributed by atoms with Gasteiger partial charge in [-0.3, -0.25) is 4.99 Å². The molecule has 0 atom stereocenters. The normalized spacial score (nSPS) is 14.1. The molecule has 0 radical (unpaired) electrons. The van der Waals surface area contributed by atoms with Gasteiger partial charge in [0.05, 0.1) is 0 Å². The van der Waals surface area contributed by atoms with Crippen LogP contribution in [0.25, 0.3) is 0 Å². The minimum atomic E-state index is -1.04. The molecule has 0 saturated heterocycles. The number of carbonyl (C=O) groups is 1. The second-order valence-electron chi connectivity index (χ2n) is 8.45. The van der Waals surface area contributed by atoms with Crippen molar-refractivity contribution in [2.24, 2.45) is 10.9 Å². The van der Waals surface area contributed by atoms with Gasteiger partial charge in [0.1, 0.15) is 11.2 Å². The van der Waals surface area contributed by atoms with Gasteiger partial charge in [-0.05, 0) is 35.4 Å². The Bertz CT molecular complexity index is 1190. The highest BCUT2D eigenvalue weighted by Crippen LogP contribution is 2.40. The SMILES string of the molecule is O=C(O)/C(=N\CC1CC1)c1csc(NC(c2ccccc2)(c2ccccc2)c2ccccc2)n1. The minimum absolute atomic E-state index is 0.0286. The lowest BCUT2D eigenvalue weighted by molar-refractivity contribution is -0.129. The molecule has 1 fully saturated rings. The third-order valence-corrected chi connectivity index (χ3v) is 6.83. The third-order valence-electron chi connectivity index (χ3n) is 6.07. The summed E-state index contributed by atoms with van der Waals surface area (Å²) in [5, 5.41) is 15.8. The maximum atomic E-state index is 11.9. The number of nitrogens with zero attached hydrogens (tertiary/aromatic N) is 2. The maximum Gasteiger partial charge on any atom is 0.356 e. The Balaban J connectivity index is 1.61. The van der Waals surface area contributed by atoms with Crippen LogP contribution in [0.4, 0.5) is 5.13 Å². The zero-order valence-electron chi connectivity index (χ0n) is 18.6. The van der Waals surface area contributed by atoms with Crippen molar-refractivity contribution >= 4 is 28.1 Å². The molecule has 4 aromatic rings. The van der Waals surface area contributed by atoms with Gasteiger partial charge in [0.25, 0.3) is 0 Å². The minimum Gasteiger partial charge on any atom is -0.476 e. The number of carboxylic acid groups (broad SMARTS) is 1. The van der Waals surface area contributed by atoms with Crippen molar-refractivity contribution in [1.82, 2.24) is 4.98 Å². The van der Waals surface area contributed by atoms with Crippen LogP contribution < -0.4 is 5.32 Å². The van der Waals surface area contributed by atoms with Crippen LogP contribution in [-0.2, 0) is 10.3 Å². The van der Waals surface area contributed by atoms with Gasteiger partial charge in [-0.25, -0.2) is 9.78 Å². The topological polar surface area (TPSA) is 74.6 Å². The van der Waals surface area contributed by atoms with Gasteiger partial charge in [0.2, 0.25) is 0 Å². The molecule has 6 heteroatoms. The molecule has 0 unspecified atom stereocenters. The van der Waals surface area contributed by atoms with Gasteiger partial charge in [0.15, 0.2) is 10.8 Å². The summed E-state index contributed by atoms with van der Waals surface area (Å²) < 4.78 is 0. The third kappa shape index (κ3) is 4.50. The van der Waals surface area contributed by atoms with Gasteiger partial charge in [-0.2, -0.15) is 0 Å². The summed E-state index contributed by atoms with van der Waals surface area (Å²) >= 11 is 1.39. The van der Waals surface area contributed by atoms with E-state index in [2.05, 4.69) is 51.7 Å². The van der Waals surface area contributed by atoms with Crippen molar-refractivity contribution in [3.05, 3.63) is 119 Å². The van der Waals surface area contributed by atoms with E-state index in [0.29, 0.717) is 23.3 Å². The highest BCUT2D eigenvalue weighted by molar-refractivity contribution is 7.14. The average Bonchev–Trinajstić information content (AvgIpc) is 3.60. The molecule has 1 heterocycles. The number of rotatable bonds is 9. The molecule has 0 amide bonds. The first kappa shape index (κ1) is 22.0. The predicted molar refractivity (Wildman–Crippen MR) is 137 cm³/mol. The molecule has 5 nitrogen and oxygen atoms in total. The number of hydrogen-bond donors (Lipinski definition) is 2. The first-order valence-electron chi connectivity index (χ1n) is 11.4. The van der Waals surface area contributed by atoms with Gasteiger partial charge < -0.3 is 10.4 Å². The molecule has 34 heavy (non-hydrogen) atoms. The number of thiazole rings is 1. The van der Waals surface area contributed by atoms with Gasteiger partial charge in [-0.1, -0.05) is 91.0 Å². The molecule has 0 aliphatic heterocycles. The van der Waals surface area contributed by atoms with Gasteiger partial charge in [-0.15, -0.1) is 11.3 Å². The number of nitrogens with one attached hydrogen (secondary N) is 1. The van der Waals surface area contributed by atoms with E-state index in [-0.39, 0.29) is 5.71 Å². The lowest BCUT2D eigenvalue weighted by Crippen LogP contribution is -2.38. The summed E-state index contributed by atoms with van der Waals surface area (Å²) in [6.07, 6.45) is 2.24. The lowest BCUT2D eigenvalue weighted by Gasteiger charge is -2.36. The predicted octanol–water partition coefficient (Wildman–Crippen LogP) is 5.83. The highest BCUT2D eigenvalue weighted by atomic mass is 32.1. The number of aliphatic imine (C=N–C) groups is 1. The van der Waals surface area contributed by atoms with Crippen molar-refractivity contribution in [2.75, 3.05) is 11.9 Å². The second-order valence-corrected chi connectivity index (χ2v) is 9.31. The number of benzene rings is 3. The molecule has 3 aromatic carbocycles. The Kier molecular flexibility index (Phi) is 6.23. The summed E-state index contributed by atoms with van der Waals surface area (Å²) in [5.74, 6) is -0.537. The molecule has 1 aliphatic rings. The zero-order valence-corrected chi connectivity index (χ0v) is 19.4. The molecule has 0 bridgehead atoms. The zero-order chi connectivity index (χ0) is 23.4. The Morgan fingerprint density at radius 2 is 1.41 bits per heavy atom. The van der Waals surface area contributed by atoms with Crippen molar-refractivity contribution in [2.45, 2.75) is 18.4 Å². The maximum absolute atomic E-state index is 11.9. The van der Waals surface area contributed by atoms with Crippen LogP contribution in [0.3, 0.4) is 0 Å². The van der Waals surface area contributed by atoms with Crippen molar-refractivity contribution in [3.63, 3.8) is 0 Å². The first-order valence-corrected chi connectivity index (χ1v) is 12.2. The van der Waals surface area contributed by atoms with E-state index in [4.69, 9.17) is 0 Å². The summed E-state index contributed by atoms with van der Waals surface area (Å²) in [6, 6.07) is 30.7. The number of hydrogen-bond acceptors (Lipinski definition) is 5. The van der Waals surface area contributed by atoms with Gasteiger partial charge >= 0.3 is 5.97 Å². The van der Waals surface area contributed by atoms with E-state index in [1.165, 1.54) is 11.3 Å². The molecular weight excluding hydrogens is 442 g/mol. The number of aromatic nitrogens is 1. The molecule has 5 rings (SSSR count). The Morgan fingerprint density at radius 1 is 0.912 bits per heavy atom. The Morgan fingerprint density at radius 3 is 1.85 bits per heavy atom. The summed E-state index contributed by atoms with van der Waals surface area (Å²) in [6.45, 7) is 0.546. The standard InChI is InChI=1S/C28H25N3O2S/c32-26(33)25(29-18-20-16-17-20)24-19-34-27(30-24)31-28(21-10-4-1-5-11-21,22-12-6-2-7-13-22)23-14-8-3-9-15-23/h1-15,19-20H,16-18H2,(H,30,31)(H,32,33)/b29-25-. The van der Waals surface area contributed by atoms with Crippen LogP contribution in [0.5, 0.6) is 0 Å². The number of aliphatic carboxylic acids is 1. The van der Waals surface area contributed by atoms with Crippen LogP contribution in [-0.4, -0.2) is 28.3 Å². The molecule has 170 valence electrons. The fourth-order valence-electron chi connectivity index (χ4n) is 4.16. The summed E-state index contributed by atoms with van der Waals surface area (Å²) in [7, 11) is 0. The second kappa shape index (κ2) is 9.61. The molecule has 1 aliphatic carbocycles. The smallest absolute Gasteiger partial charge is 0.356 e.